The number of aliphatic carboxylic acids is 2. The Morgan fingerprint density at radius 2 is 1.02 bits per heavy atom. The fraction of sp³-hybridized carbons (Fsp3) is 0.267. The summed E-state index contributed by atoms with van der Waals surface area (Å²) in [4.78, 5) is 31.9. The number of likely N-dealkylation sites (N-methyl/N-ethyl adjacent to an activating group) is 2. The second-order valence-corrected chi connectivity index (χ2v) is 13.2. The molecule has 0 unspecified atom stereocenters. The Balaban J connectivity index is 0.000000629. The molecule has 0 aromatic heterocycles. The molecule has 0 heterocycles. The highest BCUT2D eigenvalue weighted by Gasteiger charge is 2.44. The predicted molar refractivity (Wildman–Crippen MR) is 159 cm³/mol. The van der Waals surface area contributed by atoms with Gasteiger partial charge in [0.25, 0.3) is 5.91 Å². The molecule has 0 aliphatic heterocycles. The van der Waals surface area contributed by atoms with Gasteiger partial charge in [-0.3, -0.25) is 20.8 Å². The molecule has 0 fully saturated rings. The summed E-state index contributed by atoms with van der Waals surface area (Å²) in [6, 6.07) is 32.4. The quantitative estimate of drug-likeness (QED) is 0.109. The van der Waals surface area contributed by atoms with E-state index in [1.165, 1.54) is 15.9 Å². The van der Waals surface area contributed by atoms with Crippen LogP contribution in [-0.2, 0) is 14.4 Å². The third-order valence-corrected chi connectivity index (χ3v) is 10.8. The summed E-state index contributed by atoms with van der Waals surface area (Å²) in [5.41, 5.74) is 11.2. The molecule has 1 amide bonds. The summed E-state index contributed by atoms with van der Waals surface area (Å²) >= 11 is 0. The van der Waals surface area contributed by atoms with E-state index in [4.69, 9.17) is 31.3 Å². The molecule has 0 radical (unpaired) electrons. The maximum atomic E-state index is 12.6. The molecule has 0 aliphatic carbocycles. The molecular formula is C30H33F6N4O5P. The SMILES string of the molecule is CN(CCC[P+](c1ccccc1)(c1ccccc1)c1ccccc1)C(=O)C[N+](C)=C(N)N.O=C([O-])C(F)(F)F.O=C([O-])C(F)(F)F. The Hall–Kier alpha value is -4.65. The average Bonchev–Trinajstić information content (AvgIpc) is 3.00. The van der Waals surface area contributed by atoms with Gasteiger partial charge in [0.1, 0.15) is 41.7 Å². The summed E-state index contributed by atoms with van der Waals surface area (Å²) in [6.07, 6.45) is -8.52. The molecule has 16 heteroatoms. The minimum absolute atomic E-state index is 0.00367. The van der Waals surface area contributed by atoms with Crippen molar-refractivity contribution in [3.05, 3.63) is 91.0 Å². The van der Waals surface area contributed by atoms with Crippen LogP contribution in [0.2, 0.25) is 0 Å². The van der Waals surface area contributed by atoms with Crippen molar-refractivity contribution in [2.75, 3.05) is 33.3 Å². The van der Waals surface area contributed by atoms with Gasteiger partial charge < -0.3 is 24.7 Å². The fourth-order valence-electron chi connectivity index (χ4n) is 3.97. The van der Waals surface area contributed by atoms with E-state index in [2.05, 4.69) is 91.0 Å². The minimum atomic E-state index is -5.19. The Kier molecular flexibility index (Phi) is 15.2. The number of hydrogen-bond acceptors (Lipinski definition) is 5. The van der Waals surface area contributed by atoms with Crippen molar-refractivity contribution in [2.24, 2.45) is 11.5 Å². The summed E-state index contributed by atoms with van der Waals surface area (Å²) in [7, 11) is 1.69. The molecule has 0 saturated carbocycles. The molecule has 46 heavy (non-hydrogen) atoms. The number of benzene rings is 3. The molecule has 3 aromatic rings. The van der Waals surface area contributed by atoms with Crippen molar-refractivity contribution >= 4 is 47.0 Å². The second-order valence-electron chi connectivity index (χ2n) is 9.56. The zero-order valence-corrected chi connectivity index (χ0v) is 25.7. The number of rotatable bonds is 9. The maximum Gasteiger partial charge on any atom is 0.430 e. The van der Waals surface area contributed by atoms with Crippen LogP contribution in [0.4, 0.5) is 26.3 Å². The molecule has 250 valence electrons. The van der Waals surface area contributed by atoms with Crippen LogP contribution >= 0.6 is 7.26 Å². The monoisotopic (exact) mass is 674 g/mol. The van der Waals surface area contributed by atoms with Crippen LogP contribution < -0.4 is 37.6 Å². The second kappa shape index (κ2) is 17.7. The third kappa shape index (κ3) is 12.4. The number of alkyl halides is 6. The molecule has 3 rings (SSSR count). The van der Waals surface area contributed by atoms with Crippen molar-refractivity contribution < 1.29 is 55.5 Å². The highest BCUT2D eigenvalue weighted by atomic mass is 31.2. The normalized spacial score (nSPS) is 11.1. The van der Waals surface area contributed by atoms with Crippen molar-refractivity contribution in [2.45, 2.75) is 18.8 Å². The highest BCUT2D eigenvalue weighted by molar-refractivity contribution is 7.95. The number of carboxylic acid groups (broad SMARTS) is 2. The zero-order valence-electron chi connectivity index (χ0n) is 24.8. The average molecular weight is 675 g/mol. The molecule has 0 spiro atoms. The van der Waals surface area contributed by atoms with Crippen LogP contribution in [0.25, 0.3) is 0 Å². The highest BCUT2D eigenvalue weighted by Crippen LogP contribution is 2.55. The molecular weight excluding hydrogens is 641 g/mol. The number of nitrogens with zero attached hydrogens (tertiary/aromatic N) is 2. The van der Waals surface area contributed by atoms with Gasteiger partial charge in [-0.25, -0.2) is 0 Å². The van der Waals surface area contributed by atoms with Crippen LogP contribution in [-0.4, -0.2) is 79.0 Å². The molecule has 0 bridgehead atoms. The number of nitrogens with two attached hydrogens (primary N) is 2. The Morgan fingerprint density at radius 1 is 0.717 bits per heavy atom. The Bertz CT molecular complexity index is 1320. The third-order valence-electron chi connectivity index (χ3n) is 6.28. The summed E-state index contributed by atoms with van der Waals surface area (Å²) < 4.78 is 64.7. The molecule has 0 atom stereocenters. The van der Waals surface area contributed by atoms with Crippen molar-refractivity contribution in [3.8, 4) is 0 Å². The fourth-order valence-corrected chi connectivity index (χ4v) is 8.29. The van der Waals surface area contributed by atoms with E-state index < -0.39 is 31.6 Å². The van der Waals surface area contributed by atoms with E-state index in [0.717, 1.165) is 12.6 Å². The minimum Gasteiger partial charge on any atom is -0.542 e. The van der Waals surface area contributed by atoms with Gasteiger partial charge in [0.15, 0.2) is 0 Å². The standard InChI is InChI=1S/C26H32N4OP.2C2HF3O2/c1-29(25(31)21-30(2)26(27)28)19-12-20-32(22-13-6-3-7-14-22,23-15-8-4-9-16-23)24-17-10-5-11-18-24;2*3-2(4,5)1(6)7/h3-11,13-18H,12,19-21H2,1-2H3,(H3,27,28);2*(H,6,7)/q+1;;/p-1. The molecule has 3 aromatic carbocycles. The van der Waals surface area contributed by atoms with Crippen LogP contribution in [0.5, 0.6) is 0 Å². The number of guanidine groups is 1. The molecule has 4 N–H and O–H groups in total. The smallest absolute Gasteiger partial charge is 0.430 e. The molecule has 0 saturated heterocycles. The summed E-state index contributed by atoms with van der Waals surface area (Å²) in [6.45, 7) is 0.848. The lowest BCUT2D eigenvalue weighted by molar-refractivity contribution is -0.488. The van der Waals surface area contributed by atoms with Gasteiger partial charge in [0.2, 0.25) is 0 Å². The largest absolute Gasteiger partial charge is 0.542 e. The Labute approximate surface area is 262 Å². The lowest BCUT2D eigenvalue weighted by atomic mass is 10.3. The number of amides is 1. The Morgan fingerprint density at radius 3 is 1.28 bits per heavy atom. The van der Waals surface area contributed by atoms with Crippen LogP contribution in [0.3, 0.4) is 0 Å². The van der Waals surface area contributed by atoms with E-state index in [9.17, 15) is 31.1 Å². The van der Waals surface area contributed by atoms with Crippen LogP contribution in [0.15, 0.2) is 91.0 Å². The van der Waals surface area contributed by atoms with E-state index >= 15 is 0 Å². The van der Waals surface area contributed by atoms with E-state index in [1.807, 2.05) is 7.05 Å². The van der Waals surface area contributed by atoms with Gasteiger partial charge in [0.05, 0.1) is 13.2 Å². The van der Waals surface area contributed by atoms with E-state index in [1.54, 1.807) is 16.5 Å². The van der Waals surface area contributed by atoms with Crippen molar-refractivity contribution in [1.82, 2.24) is 4.90 Å². The lowest BCUT2D eigenvalue weighted by Crippen LogP contribution is -2.41. The van der Waals surface area contributed by atoms with E-state index in [-0.39, 0.29) is 18.4 Å². The topological polar surface area (TPSA) is 156 Å². The van der Waals surface area contributed by atoms with Crippen LogP contribution in [0, 0.1) is 0 Å². The summed E-state index contributed by atoms with van der Waals surface area (Å²) in [5.74, 6) is -5.86. The number of carbonyl (C=O) groups excluding carboxylic acids is 3. The van der Waals surface area contributed by atoms with Gasteiger partial charge in [-0.15, -0.1) is 0 Å². The number of carboxylic acids is 2. The lowest BCUT2D eigenvalue weighted by Gasteiger charge is -2.28. The van der Waals surface area contributed by atoms with Crippen molar-refractivity contribution in [1.29, 1.82) is 0 Å². The van der Waals surface area contributed by atoms with Crippen molar-refractivity contribution in [3.63, 3.8) is 0 Å². The van der Waals surface area contributed by atoms with Crippen LogP contribution in [0.1, 0.15) is 6.42 Å². The summed E-state index contributed by atoms with van der Waals surface area (Å²) in [5, 5.41) is 21.6. The number of halogens is 6. The molecule has 0 aliphatic rings. The van der Waals surface area contributed by atoms with Gasteiger partial charge in [-0.2, -0.15) is 26.3 Å². The first-order valence-corrected chi connectivity index (χ1v) is 15.3. The van der Waals surface area contributed by atoms with Gasteiger partial charge >= 0.3 is 18.3 Å². The number of hydrogen-bond donors (Lipinski definition) is 2. The maximum absolute atomic E-state index is 12.6. The van der Waals surface area contributed by atoms with Gasteiger partial charge in [-0.1, -0.05) is 54.6 Å². The first kappa shape index (κ1) is 39.4. The van der Waals surface area contributed by atoms with E-state index in [0.29, 0.717) is 6.54 Å². The zero-order chi connectivity index (χ0) is 35.1. The predicted octanol–water partition coefficient (Wildman–Crippen LogP) is 0.342. The number of carbonyl (C=O) groups is 3. The first-order chi connectivity index (χ1) is 21.3. The van der Waals surface area contributed by atoms with Gasteiger partial charge in [-0.05, 0) is 42.8 Å². The van der Waals surface area contributed by atoms with Gasteiger partial charge in [0, 0.05) is 13.6 Å². The first-order valence-electron chi connectivity index (χ1n) is 13.3. The molecule has 9 nitrogen and oxygen atoms in total.